The van der Waals surface area contributed by atoms with Crippen LogP contribution in [-0.4, -0.2) is 34.6 Å². The second-order valence-electron chi connectivity index (χ2n) is 5.22. The summed E-state index contributed by atoms with van der Waals surface area (Å²) in [6, 6.07) is 5.23. The van der Waals surface area contributed by atoms with E-state index in [-0.39, 0.29) is 11.9 Å². The molecule has 1 aliphatic rings. The summed E-state index contributed by atoms with van der Waals surface area (Å²) in [5.74, 6) is 2.21. The van der Waals surface area contributed by atoms with E-state index in [4.69, 9.17) is 11.6 Å². The number of halogens is 2. The minimum absolute atomic E-state index is 0.188. The van der Waals surface area contributed by atoms with Crippen LogP contribution in [0.3, 0.4) is 0 Å². The topological polar surface area (TPSA) is 12.0 Å². The highest BCUT2D eigenvalue weighted by molar-refractivity contribution is 8.07. The molecule has 1 fully saturated rings. The zero-order valence-electron chi connectivity index (χ0n) is 12.6. The Hall–Kier alpha value is 0.1000. The summed E-state index contributed by atoms with van der Waals surface area (Å²) in [4.78, 5) is 0. The fourth-order valence-electron chi connectivity index (χ4n) is 2.83. The highest BCUT2D eigenvalue weighted by Crippen LogP contribution is 2.36. The van der Waals surface area contributed by atoms with Gasteiger partial charge in [-0.3, -0.25) is 0 Å². The molecule has 1 heterocycles. The van der Waals surface area contributed by atoms with Gasteiger partial charge >= 0.3 is 0 Å². The monoisotopic (exact) mass is 347 g/mol. The van der Waals surface area contributed by atoms with Crippen molar-refractivity contribution in [2.45, 2.75) is 43.2 Å². The molecule has 1 aromatic rings. The Morgan fingerprint density at radius 2 is 2.10 bits per heavy atom. The summed E-state index contributed by atoms with van der Waals surface area (Å²) >= 11 is 10.3. The highest BCUT2D eigenvalue weighted by Gasteiger charge is 2.32. The number of benzene rings is 1. The first kappa shape index (κ1) is 17.5. The van der Waals surface area contributed by atoms with E-state index >= 15 is 0 Å². The van der Waals surface area contributed by atoms with Crippen molar-refractivity contribution in [3.8, 4) is 0 Å². The molecule has 3 unspecified atom stereocenters. The number of likely N-dealkylation sites (N-methyl/N-ethyl adjacent to an activating group) is 1. The fraction of sp³-hybridized carbons (Fsp3) is 0.625. The summed E-state index contributed by atoms with van der Waals surface area (Å²) < 4.78 is 14.1. The summed E-state index contributed by atoms with van der Waals surface area (Å²) in [6.07, 6.45) is 1.82. The van der Waals surface area contributed by atoms with Gasteiger partial charge in [-0.25, -0.2) is 4.39 Å². The molecule has 0 radical (unpaired) electrons. The molecule has 5 heteroatoms. The summed E-state index contributed by atoms with van der Waals surface area (Å²) in [5, 5.41) is 5.26. The second-order valence-corrected chi connectivity index (χ2v) is 8.26. The van der Waals surface area contributed by atoms with Crippen molar-refractivity contribution in [2.75, 3.05) is 18.1 Å². The summed E-state index contributed by atoms with van der Waals surface area (Å²) in [6.45, 7) is 5.25. The lowest BCUT2D eigenvalue weighted by Gasteiger charge is -2.36. The smallest absolute Gasteiger partial charge is 0.127 e. The van der Waals surface area contributed by atoms with E-state index in [0.29, 0.717) is 27.5 Å². The van der Waals surface area contributed by atoms with Gasteiger partial charge < -0.3 is 5.32 Å². The van der Waals surface area contributed by atoms with Gasteiger partial charge in [0, 0.05) is 38.6 Å². The van der Waals surface area contributed by atoms with Crippen molar-refractivity contribution >= 4 is 35.1 Å². The van der Waals surface area contributed by atoms with Crippen LogP contribution < -0.4 is 5.32 Å². The van der Waals surface area contributed by atoms with Gasteiger partial charge in [-0.2, -0.15) is 23.5 Å². The SMILES string of the molecule is CCNC(Cc1c(F)cccc1Cl)C1SCCSC1CC. The molecule has 1 aliphatic heterocycles. The molecule has 1 saturated heterocycles. The van der Waals surface area contributed by atoms with Crippen molar-refractivity contribution in [3.05, 3.63) is 34.6 Å². The molecule has 0 bridgehead atoms. The van der Waals surface area contributed by atoms with Crippen LogP contribution in [0.1, 0.15) is 25.8 Å². The predicted molar refractivity (Wildman–Crippen MR) is 95.4 cm³/mol. The molecule has 118 valence electrons. The van der Waals surface area contributed by atoms with E-state index in [0.717, 1.165) is 13.0 Å². The molecule has 1 N–H and O–H groups in total. The van der Waals surface area contributed by atoms with Crippen molar-refractivity contribution < 1.29 is 4.39 Å². The van der Waals surface area contributed by atoms with Gasteiger partial charge in [-0.15, -0.1) is 0 Å². The van der Waals surface area contributed by atoms with E-state index in [1.54, 1.807) is 12.1 Å². The number of hydrogen-bond donors (Lipinski definition) is 1. The average Bonchev–Trinajstić information content (AvgIpc) is 2.50. The van der Waals surface area contributed by atoms with E-state index < -0.39 is 0 Å². The zero-order valence-corrected chi connectivity index (χ0v) is 15.0. The standard InChI is InChI=1S/C16H23ClFNS2/c1-3-15-16(21-9-8-20-15)14(19-4-2)10-11-12(17)6-5-7-13(11)18/h5-7,14-16,19H,3-4,8-10H2,1-2H3. The van der Waals surface area contributed by atoms with Gasteiger partial charge in [0.05, 0.1) is 0 Å². The molecule has 0 saturated carbocycles. The van der Waals surface area contributed by atoms with Gasteiger partial charge in [0.2, 0.25) is 0 Å². The summed E-state index contributed by atoms with van der Waals surface area (Å²) in [5.41, 5.74) is 0.649. The van der Waals surface area contributed by atoms with Crippen LogP contribution in [0.2, 0.25) is 5.02 Å². The number of rotatable bonds is 6. The minimum Gasteiger partial charge on any atom is -0.313 e. The third kappa shape index (κ3) is 4.54. The maximum atomic E-state index is 14.1. The van der Waals surface area contributed by atoms with Crippen LogP contribution in [0.5, 0.6) is 0 Å². The molecule has 0 spiro atoms. The van der Waals surface area contributed by atoms with Gasteiger partial charge in [0.25, 0.3) is 0 Å². The third-order valence-electron chi connectivity index (χ3n) is 3.84. The van der Waals surface area contributed by atoms with Crippen LogP contribution >= 0.6 is 35.1 Å². The predicted octanol–water partition coefficient (Wildman–Crippen LogP) is 4.63. The molecule has 3 atom stereocenters. The van der Waals surface area contributed by atoms with Crippen LogP contribution in [-0.2, 0) is 6.42 Å². The molecule has 0 aromatic heterocycles. The second kappa shape index (κ2) is 8.66. The largest absolute Gasteiger partial charge is 0.313 e. The first-order valence-electron chi connectivity index (χ1n) is 7.56. The van der Waals surface area contributed by atoms with E-state index in [2.05, 4.69) is 30.9 Å². The van der Waals surface area contributed by atoms with Gasteiger partial charge in [-0.05, 0) is 31.5 Å². The Balaban J connectivity index is 2.18. The molecule has 1 nitrogen and oxygen atoms in total. The van der Waals surface area contributed by atoms with Crippen LogP contribution in [0.4, 0.5) is 4.39 Å². The van der Waals surface area contributed by atoms with Crippen molar-refractivity contribution in [2.24, 2.45) is 0 Å². The van der Waals surface area contributed by atoms with Crippen LogP contribution in [0, 0.1) is 5.82 Å². The van der Waals surface area contributed by atoms with Crippen molar-refractivity contribution in [3.63, 3.8) is 0 Å². The Bertz CT molecular complexity index is 438. The van der Waals surface area contributed by atoms with Gasteiger partial charge in [0.15, 0.2) is 0 Å². The maximum absolute atomic E-state index is 14.1. The van der Waals surface area contributed by atoms with E-state index in [9.17, 15) is 4.39 Å². The first-order valence-corrected chi connectivity index (χ1v) is 10.0. The van der Waals surface area contributed by atoms with Crippen LogP contribution in [0.15, 0.2) is 18.2 Å². The molecule has 1 aromatic carbocycles. The molecule has 0 amide bonds. The average molecular weight is 348 g/mol. The summed E-state index contributed by atoms with van der Waals surface area (Å²) in [7, 11) is 0. The normalized spacial score (nSPS) is 24.0. The Morgan fingerprint density at radius 1 is 1.33 bits per heavy atom. The zero-order chi connectivity index (χ0) is 15.2. The lowest BCUT2D eigenvalue weighted by Crippen LogP contribution is -2.46. The van der Waals surface area contributed by atoms with Gasteiger partial charge in [-0.1, -0.05) is 31.5 Å². The Morgan fingerprint density at radius 3 is 2.76 bits per heavy atom. The van der Waals surface area contributed by atoms with E-state index in [1.165, 1.54) is 17.6 Å². The van der Waals surface area contributed by atoms with Crippen molar-refractivity contribution in [1.29, 1.82) is 0 Å². The Kier molecular flexibility index (Phi) is 7.20. The molecule has 2 rings (SSSR count). The Labute approximate surface area is 140 Å². The molecular weight excluding hydrogens is 325 g/mol. The minimum atomic E-state index is -0.188. The molecular formula is C16H23ClFNS2. The van der Waals surface area contributed by atoms with Gasteiger partial charge in [0.1, 0.15) is 5.82 Å². The van der Waals surface area contributed by atoms with E-state index in [1.807, 2.05) is 11.8 Å². The lowest BCUT2D eigenvalue weighted by molar-refractivity contribution is 0.479. The third-order valence-corrected chi connectivity index (χ3v) is 7.60. The van der Waals surface area contributed by atoms with Crippen LogP contribution in [0.25, 0.3) is 0 Å². The molecule has 0 aliphatic carbocycles. The quantitative estimate of drug-likeness (QED) is 0.806. The highest BCUT2D eigenvalue weighted by atomic mass is 35.5. The van der Waals surface area contributed by atoms with Crippen molar-refractivity contribution in [1.82, 2.24) is 5.32 Å². The molecule has 21 heavy (non-hydrogen) atoms. The first-order chi connectivity index (χ1) is 10.2. The number of nitrogens with one attached hydrogen (secondary N) is 1. The number of hydrogen-bond acceptors (Lipinski definition) is 3. The lowest BCUT2D eigenvalue weighted by atomic mass is 9.99. The number of thioether (sulfide) groups is 2. The fourth-order valence-corrected chi connectivity index (χ4v) is 6.33. The maximum Gasteiger partial charge on any atom is 0.127 e.